The first-order chi connectivity index (χ1) is 4.83. The molecule has 0 aliphatic rings. The van der Waals surface area contributed by atoms with Crippen LogP contribution in [0, 0.1) is 13.5 Å². The summed E-state index contributed by atoms with van der Waals surface area (Å²) in [6, 6.07) is 8.29. The Labute approximate surface area is 62.1 Å². The van der Waals surface area contributed by atoms with Gasteiger partial charge in [-0.15, -0.1) is 0 Å². The molecule has 1 aromatic rings. The van der Waals surface area contributed by atoms with E-state index in [1.807, 2.05) is 25.6 Å². The molecule has 1 heteroatoms. The largest absolute Gasteiger partial charge is 0.381 e. The van der Waals surface area contributed by atoms with Gasteiger partial charge in [-0.25, -0.2) is 0 Å². The highest BCUT2D eigenvalue weighted by atomic mass is 14.8. The Morgan fingerprint density at radius 3 is 2.80 bits per heavy atom. The lowest BCUT2D eigenvalue weighted by Crippen LogP contribution is -1.89. The SMILES string of the molecule is C[CH]Nc1cccc(C)c1. The number of rotatable bonds is 2. The van der Waals surface area contributed by atoms with Gasteiger partial charge in [0.1, 0.15) is 0 Å². The van der Waals surface area contributed by atoms with Gasteiger partial charge in [-0.05, 0) is 31.5 Å². The van der Waals surface area contributed by atoms with Crippen LogP contribution in [0.5, 0.6) is 0 Å². The number of anilines is 1. The van der Waals surface area contributed by atoms with E-state index in [-0.39, 0.29) is 0 Å². The summed E-state index contributed by atoms with van der Waals surface area (Å²) in [5.41, 5.74) is 2.44. The Morgan fingerprint density at radius 1 is 1.40 bits per heavy atom. The maximum atomic E-state index is 3.12. The lowest BCUT2D eigenvalue weighted by atomic mass is 10.2. The van der Waals surface area contributed by atoms with Crippen LogP contribution < -0.4 is 5.32 Å². The smallest absolute Gasteiger partial charge is 0.0431 e. The summed E-state index contributed by atoms with van der Waals surface area (Å²) < 4.78 is 0. The maximum absolute atomic E-state index is 3.12. The minimum absolute atomic E-state index is 1.16. The fourth-order valence-electron chi connectivity index (χ4n) is 0.902. The molecule has 0 fully saturated rings. The Bertz CT molecular complexity index is 206. The quantitative estimate of drug-likeness (QED) is 0.655. The van der Waals surface area contributed by atoms with Crippen molar-refractivity contribution in [3.63, 3.8) is 0 Å². The van der Waals surface area contributed by atoms with E-state index < -0.39 is 0 Å². The predicted molar refractivity (Wildman–Crippen MR) is 44.8 cm³/mol. The van der Waals surface area contributed by atoms with Gasteiger partial charge in [0, 0.05) is 12.2 Å². The summed E-state index contributed by atoms with van der Waals surface area (Å²) in [5, 5.41) is 3.12. The van der Waals surface area contributed by atoms with Gasteiger partial charge in [0.15, 0.2) is 0 Å². The monoisotopic (exact) mass is 134 g/mol. The van der Waals surface area contributed by atoms with Gasteiger partial charge in [0.25, 0.3) is 0 Å². The molecule has 0 saturated carbocycles. The molecule has 10 heavy (non-hydrogen) atoms. The lowest BCUT2D eigenvalue weighted by molar-refractivity contribution is 1.37. The van der Waals surface area contributed by atoms with E-state index in [1.165, 1.54) is 5.56 Å². The van der Waals surface area contributed by atoms with Crippen LogP contribution in [0.2, 0.25) is 0 Å². The first kappa shape index (κ1) is 7.13. The zero-order valence-corrected chi connectivity index (χ0v) is 6.39. The molecule has 0 amide bonds. The zero-order chi connectivity index (χ0) is 7.40. The van der Waals surface area contributed by atoms with E-state index in [1.54, 1.807) is 0 Å². The molecule has 0 heterocycles. The lowest BCUT2D eigenvalue weighted by Gasteiger charge is -2.01. The summed E-state index contributed by atoms with van der Waals surface area (Å²) >= 11 is 0. The Kier molecular flexibility index (Phi) is 2.32. The van der Waals surface area contributed by atoms with Crippen LogP contribution in [0.15, 0.2) is 24.3 Å². The van der Waals surface area contributed by atoms with Gasteiger partial charge in [-0.1, -0.05) is 12.1 Å². The number of hydrogen-bond acceptors (Lipinski definition) is 1. The van der Waals surface area contributed by atoms with E-state index in [0.717, 1.165) is 5.69 Å². The van der Waals surface area contributed by atoms with Crippen molar-refractivity contribution in [2.24, 2.45) is 0 Å². The molecule has 1 aromatic carbocycles. The van der Waals surface area contributed by atoms with Crippen molar-refractivity contribution in [3.8, 4) is 0 Å². The van der Waals surface area contributed by atoms with Crippen LogP contribution in [0.1, 0.15) is 12.5 Å². The molecular weight excluding hydrogens is 122 g/mol. The average Bonchev–Trinajstić information content (AvgIpc) is 1.88. The Morgan fingerprint density at radius 2 is 2.20 bits per heavy atom. The molecule has 0 saturated heterocycles. The van der Waals surface area contributed by atoms with E-state index in [4.69, 9.17) is 0 Å². The molecule has 0 aliphatic heterocycles. The van der Waals surface area contributed by atoms with Gasteiger partial charge in [0.05, 0.1) is 0 Å². The third-order valence-corrected chi connectivity index (χ3v) is 1.33. The van der Waals surface area contributed by atoms with Gasteiger partial charge < -0.3 is 5.32 Å². The van der Waals surface area contributed by atoms with Crippen LogP contribution in [-0.2, 0) is 0 Å². The fourth-order valence-corrected chi connectivity index (χ4v) is 0.902. The normalized spacial score (nSPS) is 9.40. The first-order valence-electron chi connectivity index (χ1n) is 3.44. The topological polar surface area (TPSA) is 12.0 Å². The van der Waals surface area contributed by atoms with E-state index in [2.05, 4.69) is 24.4 Å². The average molecular weight is 134 g/mol. The van der Waals surface area contributed by atoms with Crippen LogP contribution >= 0.6 is 0 Å². The number of nitrogens with one attached hydrogen (secondary N) is 1. The summed E-state index contributed by atoms with van der Waals surface area (Å²) in [4.78, 5) is 0. The van der Waals surface area contributed by atoms with Crippen molar-refractivity contribution in [1.82, 2.24) is 0 Å². The molecule has 1 N–H and O–H groups in total. The van der Waals surface area contributed by atoms with Crippen LogP contribution in [0.4, 0.5) is 5.69 Å². The van der Waals surface area contributed by atoms with Gasteiger partial charge in [-0.2, -0.15) is 0 Å². The molecule has 0 atom stereocenters. The van der Waals surface area contributed by atoms with Crippen molar-refractivity contribution >= 4 is 5.69 Å². The summed E-state index contributed by atoms with van der Waals surface area (Å²) in [6.45, 7) is 5.98. The summed E-state index contributed by atoms with van der Waals surface area (Å²) in [5.74, 6) is 0. The molecule has 53 valence electrons. The third kappa shape index (κ3) is 1.76. The molecule has 0 bridgehead atoms. The molecule has 1 rings (SSSR count). The number of benzene rings is 1. The summed E-state index contributed by atoms with van der Waals surface area (Å²) in [6.07, 6.45) is 0. The second-order valence-electron chi connectivity index (χ2n) is 2.30. The Hall–Kier alpha value is -0.980. The summed E-state index contributed by atoms with van der Waals surface area (Å²) in [7, 11) is 0. The standard InChI is InChI=1S/C9H12N/c1-3-10-9-6-4-5-8(2)7-9/h3-7,10H,1-2H3. The number of hydrogen-bond donors (Lipinski definition) is 1. The third-order valence-electron chi connectivity index (χ3n) is 1.33. The second-order valence-corrected chi connectivity index (χ2v) is 2.30. The van der Waals surface area contributed by atoms with Crippen molar-refractivity contribution < 1.29 is 0 Å². The second kappa shape index (κ2) is 3.25. The molecule has 0 aliphatic carbocycles. The van der Waals surface area contributed by atoms with Gasteiger partial charge in [0.2, 0.25) is 0 Å². The minimum atomic E-state index is 1.16. The van der Waals surface area contributed by atoms with Gasteiger partial charge in [-0.3, -0.25) is 0 Å². The zero-order valence-electron chi connectivity index (χ0n) is 6.39. The van der Waals surface area contributed by atoms with Crippen molar-refractivity contribution in [2.45, 2.75) is 13.8 Å². The van der Waals surface area contributed by atoms with Gasteiger partial charge >= 0.3 is 0 Å². The van der Waals surface area contributed by atoms with Crippen molar-refractivity contribution in [2.75, 3.05) is 5.32 Å². The molecule has 1 nitrogen and oxygen atoms in total. The minimum Gasteiger partial charge on any atom is -0.381 e. The van der Waals surface area contributed by atoms with E-state index in [0.29, 0.717) is 0 Å². The molecular formula is C9H12N. The predicted octanol–water partition coefficient (Wildman–Crippen LogP) is 2.59. The first-order valence-corrected chi connectivity index (χ1v) is 3.44. The molecule has 0 spiro atoms. The fraction of sp³-hybridized carbons (Fsp3) is 0.222. The highest BCUT2D eigenvalue weighted by Gasteiger charge is 1.87. The molecule has 0 unspecified atom stereocenters. The van der Waals surface area contributed by atoms with E-state index in [9.17, 15) is 0 Å². The highest BCUT2D eigenvalue weighted by Crippen LogP contribution is 2.08. The van der Waals surface area contributed by atoms with E-state index >= 15 is 0 Å². The van der Waals surface area contributed by atoms with Crippen molar-refractivity contribution in [1.29, 1.82) is 0 Å². The number of aryl methyl sites for hydroxylation is 1. The maximum Gasteiger partial charge on any atom is 0.0431 e. The van der Waals surface area contributed by atoms with Crippen LogP contribution in [0.25, 0.3) is 0 Å². The Balaban J connectivity index is 2.75. The van der Waals surface area contributed by atoms with Crippen LogP contribution in [-0.4, -0.2) is 0 Å². The molecule has 0 aromatic heterocycles. The molecule has 1 radical (unpaired) electrons. The van der Waals surface area contributed by atoms with Crippen LogP contribution in [0.3, 0.4) is 0 Å². The van der Waals surface area contributed by atoms with Crippen molar-refractivity contribution in [3.05, 3.63) is 36.4 Å². The highest BCUT2D eigenvalue weighted by molar-refractivity contribution is 5.46.